The topological polar surface area (TPSA) is 99.4 Å². The van der Waals surface area contributed by atoms with Gasteiger partial charge in [-0.2, -0.15) is 0 Å². The van der Waals surface area contributed by atoms with Gasteiger partial charge in [0.1, 0.15) is 6.61 Å². The number of nitrogens with zero attached hydrogens (tertiary/aromatic N) is 2. The van der Waals surface area contributed by atoms with E-state index in [1.807, 2.05) is 0 Å². The van der Waals surface area contributed by atoms with Crippen molar-refractivity contribution in [1.82, 2.24) is 4.90 Å². The van der Waals surface area contributed by atoms with Crippen LogP contribution in [0, 0.1) is 36.0 Å². The zero-order chi connectivity index (χ0) is 18.8. The summed E-state index contributed by atoms with van der Waals surface area (Å²) in [5, 5.41) is 25.1. The molecule has 3 rings (SSSR count). The van der Waals surface area contributed by atoms with Crippen LogP contribution in [0.5, 0.6) is 0 Å². The van der Waals surface area contributed by atoms with Gasteiger partial charge in [-0.1, -0.05) is 5.16 Å². The zero-order valence-electron chi connectivity index (χ0n) is 15.0. The van der Waals surface area contributed by atoms with Crippen LogP contribution in [0.1, 0.15) is 39.0 Å². The number of carbonyl (C=O) groups excluding carboxylic acids is 2. The van der Waals surface area contributed by atoms with Gasteiger partial charge in [0, 0.05) is 31.2 Å². The Morgan fingerprint density at radius 1 is 1.27 bits per heavy atom. The summed E-state index contributed by atoms with van der Waals surface area (Å²) in [6.07, 6.45) is 5.90. The Balaban J connectivity index is 1.81. The number of terminal acetylenes is 1. The van der Waals surface area contributed by atoms with Gasteiger partial charge in [-0.15, -0.1) is 12.3 Å². The lowest BCUT2D eigenvalue weighted by atomic mass is 9.60. The number of aliphatic hydroxyl groups excluding tert-OH is 2. The van der Waals surface area contributed by atoms with E-state index in [1.54, 1.807) is 6.92 Å². The third-order valence-electron chi connectivity index (χ3n) is 5.93. The molecule has 0 aromatic carbocycles. The van der Waals surface area contributed by atoms with Gasteiger partial charge >= 0.3 is 0 Å². The number of amides is 2. The lowest BCUT2D eigenvalue weighted by molar-refractivity contribution is -0.141. The van der Waals surface area contributed by atoms with Crippen molar-refractivity contribution in [1.29, 1.82) is 0 Å². The average molecular weight is 362 g/mol. The highest BCUT2D eigenvalue weighted by atomic mass is 16.6. The fraction of sp³-hybridized carbons (Fsp3) is 0.737. The molecule has 2 amide bonds. The van der Waals surface area contributed by atoms with E-state index in [-0.39, 0.29) is 24.2 Å². The second kappa shape index (κ2) is 7.77. The zero-order valence-corrected chi connectivity index (χ0v) is 15.0. The molecule has 3 aliphatic rings. The van der Waals surface area contributed by atoms with Crippen LogP contribution >= 0.6 is 0 Å². The number of unbranched alkanes of at least 4 members (excludes halogenated alkanes) is 1. The molecule has 7 heteroatoms. The summed E-state index contributed by atoms with van der Waals surface area (Å²) in [6, 6.07) is 0. The molecule has 1 saturated heterocycles. The fourth-order valence-electron chi connectivity index (χ4n) is 4.72. The molecule has 0 bridgehead atoms. The van der Waals surface area contributed by atoms with Crippen molar-refractivity contribution >= 4 is 17.5 Å². The van der Waals surface area contributed by atoms with Gasteiger partial charge in [-0.3, -0.25) is 14.5 Å². The highest BCUT2D eigenvalue weighted by molar-refractivity contribution is 6.06. The van der Waals surface area contributed by atoms with E-state index in [0.29, 0.717) is 44.5 Å². The van der Waals surface area contributed by atoms with Crippen molar-refractivity contribution in [2.75, 3.05) is 13.2 Å². The highest BCUT2D eigenvalue weighted by Gasteiger charge is 2.59. The molecule has 1 aliphatic heterocycles. The Kier molecular flexibility index (Phi) is 5.64. The van der Waals surface area contributed by atoms with Crippen LogP contribution in [0.15, 0.2) is 5.16 Å². The first kappa shape index (κ1) is 18.9. The molecule has 0 aromatic heterocycles. The van der Waals surface area contributed by atoms with Gasteiger partial charge < -0.3 is 15.1 Å². The number of rotatable bonds is 5. The summed E-state index contributed by atoms with van der Waals surface area (Å²) in [7, 11) is 0. The predicted molar refractivity (Wildman–Crippen MR) is 93.7 cm³/mol. The molecule has 1 heterocycles. The van der Waals surface area contributed by atoms with Gasteiger partial charge in [-0.25, -0.2) is 0 Å². The Labute approximate surface area is 153 Å². The monoisotopic (exact) mass is 362 g/mol. The maximum Gasteiger partial charge on any atom is 0.233 e. The molecule has 0 aromatic rings. The summed E-state index contributed by atoms with van der Waals surface area (Å²) >= 11 is 0. The lowest BCUT2D eigenvalue weighted by Crippen LogP contribution is -2.54. The van der Waals surface area contributed by atoms with E-state index < -0.39 is 30.0 Å². The molecule has 0 unspecified atom stereocenters. The summed E-state index contributed by atoms with van der Waals surface area (Å²) in [4.78, 5) is 31.9. The Morgan fingerprint density at radius 3 is 2.69 bits per heavy atom. The van der Waals surface area contributed by atoms with Crippen molar-refractivity contribution in [2.24, 2.45) is 28.8 Å². The molecule has 3 fully saturated rings. The van der Waals surface area contributed by atoms with Crippen LogP contribution in [-0.2, 0) is 14.4 Å². The Hall–Kier alpha value is -1.91. The summed E-state index contributed by atoms with van der Waals surface area (Å²) < 4.78 is 0. The number of imide groups is 1. The average Bonchev–Trinajstić information content (AvgIpc) is 2.88. The van der Waals surface area contributed by atoms with Gasteiger partial charge in [0.25, 0.3) is 0 Å². The highest BCUT2D eigenvalue weighted by Crippen LogP contribution is 2.49. The maximum absolute atomic E-state index is 12.7. The molecule has 142 valence electrons. The SMILES string of the molecule is C#CCCCON=C1C[C@@H](O)[C@@H](O)[C@@H]2[C@@H]3C(=O)N(CC)C(=O)[C@@H]3CC[C@H]12. The molecular formula is C19H26N2O5. The molecule has 7 nitrogen and oxygen atoms in total. The number of oxime groups is 1. The fourth-order valence-corrected chi connectivity index (χ4v) is 4.72. The summed E-state index contributed by atoms with van der Waals surface area (Å²) in [5.74, 6) is 0.496. The molecule has 0 spiro atoms. The lowest BCUT2D eigenvalue weighted by Gasteiger charge is -2.45. The normalized spacial score (nSPS) is 38.1. The standard InChI is InChI=1S/C19H26N2O5/c1-3-5-6-9-26-20-13-10-14(22)17(23)15-11(13)7-8-12-16(15)19(25)21(4-2)18(12)24/h1,11-12,14-17,22-23H,4-10H2,2H3/t11-,12-,14-,15+,16-,17-/m1/s1. The van der Waals surface area contributed by atoms with Crippen molar-refractivity contribution < 1.29 is 24.6 Å². The Morgan fingerprint density at radius 2 is 2.00 bits per heavy atom. The first-order valence-electron chi connectivity index (χ1n) is 9.34. The van der Waals surface area contributed by atoms with Crippen LogP contribution in [0.4, 0.5) is 0 Å². The van der Waals surface area contributed by atoms with Crippen molar-refractivity contribution in [3.8, 4) is 12.3 Å². The van der Waals surface area contributed by atoms with Gasteiger partial charge in [-0.05, 0) is 26.2 Å². The molecule has 26 heavy (non-hydrogen) atoms. The number of aliphatic hydroxyl groups is 2. The molecule has 0 radical (unpaired) electrons. The Bertz CT molecular complexity index is 640. The first-order chi connectivity index (χ1) is 12.5. The molecule has 2 N–H and O–H groups in total. The molecule has 2 aliphatic carbocycles. The summed E-state index contributed by atoms with van der Waals surface area (Å²) in [6.45, 7) is 2.49. The van der Waals surface area contributed by atoms with E-state index in [9.17, 15) is 19.8 Å². The van der Waals surface area contributed by atoms with E-state index in [2.05, 4.69) is 11.1 Å². The van der Waals surface area contributed by atoms with E-state index in [4.69, 9.17) is 11.3 Å². The van der Waals surface area contributed by atoms with E-state index >= 15 is 0 Å². The van der Waals surface area contributed by atoms with Crippen LogP contribution in [-0.4, -0.2) is 58.0 Å². The second-order valence-electron chi connectivity index (χ2n) is 7.30. The van der Waals surface area contributed by atoms with Gasteiger partial charge in [0.2, 0.25) is 11.8 Å². The van der Waals surface area contributed by atoms with Gasteiger partial charge in [0.15, 0.2) is 0 Å². The van der Waals surface area contributed by atoms with Crippen LogP contribution in [0.3, 0.4) is 0 Å². The smallest absolute Gasteiger partial charge is 0.233 e. The number of hydrogen-bond acceptors (Lipinski definition) is 6. The third kappa shape index (κ3) is 3.12. The van der Waals surface area contributed by atoms with E-state index in [1.165, 1.54) is 4.90 Å². The van der Waals surface area contributed by atoms with Crippen molar-refractivity contribution in [3.05, 3.63) is 0 Å². The van der Waals surface area contributed by atoms with E-state index in [0.717, 1.165) is 0 Å². The van der Waals surface area contributed by atoms with Crippen LogP contribution in [0.25, 0.3) is 0 Å². The minimum atomic E-state index is -1.04. The number of likely N-dealkylation sites (tertiary alicyclic amines) is 1. The molecular weight excluding hydrogens is 336 g/mol. The first-order valence-corrected chi connectivity index (χ1v) is 9.34. The van der Waals surface area contributed by atoms with Crippen molar-refractivity contribution in [2.45, 2.75) is 51.2 Å². The number of fused-ring (bicyclic) bond motifs is 3. The second-order valence-corrected chi connectivity index (χ2v) is 7.30. The largest absolute Gasteiger partial charge is 0.396 e. The van der Waals surface area contributed by atoms with Gasteiger partial charge in [0.05, 0.1) is 29.8 Å². The minimum absolute atomic E-state index is 0.155. The molecule has 2 saturated carbocycles. The van der Waals surface area contributed by atoms with Crippen molar-refractivity contribution in [3.63, 3.8) is 0 Å². The third-order valence-corrected chi connectivity index (χ3v) is 5.93. The maximum atomic E-state index is 12.7. The number of carbonyl (C=O) groups is 2. The minimum Gasteiger partial charge on any atom is -0.396 e. The molecule has 6 atom stereocenters. The van der Waals surface area contributed by atoms with Crippen LogP contribution in [0.2, 0.25) is 0 Å². The number of hydrogen-bond donors (Lipinski definition) is 2. The van der Waals surface area contributed by atoms with Crippen LogP contribution < -0.4 is 0 Å². The summed E-state index contributed by atoms with van der Waals surface area (Å²) in [5.41, 5.74) is 0.669. The quantitative estimate of drug-likeness (QED) is 0.322. The predicted octanol–water partition coefficient (Wildman–Crippen LogP) is 0.545.